The van der Waals surface area contributed by atoms with E-state index in [2.05, 4.69) is 60.3 Å². The van der Waals surface area contributed by atoms with Crippen LogP contribution in [0.2, 0.25) is 11.5 Å². The van der Waals surface area contributed by atoms with Gasteiger partial charge in [-0.1, -0.05) is 0 Å². The number of hydrogen-bond donors (Lipinski definition) is 0. The van der Waals surface area contributed by atoms with E-state index >= 15 is 0 Å². The van der Waals surface area contributed by atoms with Crippen LogP contribution in [0.15, 0.2) is 0 Å². The van der Waals surface area contributed by atoms with E-state index in [9.17, 15) is 0 Å². The number of nitrogens with zero attached hydrogens (tertiary/aromatic N) is 1. The summed E-state index contributed by atoms with van der Waals surface area (Å²) in [6.07, 6.45) is 2.72. The summed E-state index contributed by atoms with van der Waals surface area (Å²) >= 11 is -1.45. The van der Waals surface area contributed by atoms with Gasteiger partial charge in [-0.3, -0.25) is 0 Å². The van der Waals surface area contributed by atoms with Crippen molar-refractivity contribution in [3.05, 3.63) is 0 Å². The quantitative estimate of drug-likeness (QED) is 0.624. The maximum absolute atomic E-state index is 2.83. The molecule has 0 amide bonds. The second-order valence-corrected chi connectivity index (χ2v) is 19.0. The first-order valence-electron chi connectivity index (χ1n) is 9.12. The monoisotopic (exact) mass is 383 g/mol. The Labute approximate surface area is 136 Å². The van der Waals surface area contributed by atoms with E-state index in [1.807, 2.05) is 0 Å². The first kappa shape index (κ1) is 18.9. The number of hydrogen-bond acceptors (Lipinski definition) is 1. The summed E-state index contributed by atoms with van der Waals surface area (Å²) in [5.41, 5.74) is 0. The molecule has 0 aromatic carbocycles. The molecule has 0 spiro atoms. The Morgan fingerprint density at radius 2 is 1.20 bits per heavy atom. The van der Waals surface area contributed by atoms with Crippen LogP contribution in [0.25, 0.3) is 0 Å². The summed E-state index contributed by atoms with van der Waals surface area (Å²) in [7, 11) is 0. The van der Waals surface area contributed by atoms with Crippen molar-refractivity contribution in [3.8, 4) is 0 Å². The van der Waals surface area contributed by atoms with Crippen LogP contribution in [0, 0.1) is 11.8 Å². The van der Waals surface area contributed by atoms with Gasteiger partial charge in [0.1, 0.15) is 0 Å². The molecule has 118 valence electrons. The van der Waals surface area contributed by atoms with Gasteiger partial charge in [-0.2, -0.15) is 0 Å². The van der Waals surface area contributed by atoms with Gasteiger partial charge in [0, 0.05) is 0 Å². The molecule has 0 aromatic rings. The van der Waals surface area contributed by atoms with E-state index < -0.39 is 21.4 Å². The predicted molar refractivity (Wildman–Crippen MR) is 93.9 cm³/mol. The Kier molecular flexibility index (Phi) is 7.98. The second kappa shape index (κ2) is 8.46. The molecule has 0 bridgehead atoms. The average molecular weight is 383 g/mol. The summed E-state index contributed by atoms with van der Waals surface area (Å²) in [6, 6.07) is 1.54. The molecular formula is C18H38InN. The zero-order valence-corrected chi connectivity index (χ0v) is 18.6. The van der Waals surface area contributed by atoms with Crippen LogP contribution in [-0.2, 0) is 0 Å². The van der Waals surface area contributed by atoms with E-state index in [0.29, 0.717) is 0 Å². The van der Waals surface area contributed by atoms with Gasteiger partial charge < -0.3 is 0 Å². The summed E-state index contributed by atoms with van der Waals surface area (Å²) < 4.78 is 3.72. The Hall–Kier alpha value is 0.830. The first-order valence-corrected chi connectivity index (χ1v) is 15.3. The van der Waals surface area contributed by atoms with Gasteiger partial charge in [0.15, 0.2) is 0 Å². The molecule has 1 fully saturated rings. The minimum atomic E-state index is -1.45. The van der Waals surface area contributed by atoms with E-state index in [1.165, 1.54) is 19.4 Å². The fraction of sp³-hybridized carbons (Fsp3) is 1.00. The van der Waals surface area contributed by atoms with Gasteiger partial charge in [0.2, 0.25) is 0 Å². The van der Waals surface area contributed by atoms with Gasteiger partial charge in [-0.15, -0.1) is 0 Å². The van der Waals surface area contributed by atoms with E-state index in [4.69, 9.17) is 0 Å². The van der Waals surface area contributed by atoms with Crippen molar-refractivity contribution in [2.45, 2.75) is 91.8 Å². The van der Waals surface area contributed by atoms with E-state index in [-0.39, 0.29) is 0 Å². The Balaban J connectivity index is 3.05. The molecule has 1 aliphatic rings. The van der Waals surface area contributed by atoms with Crippen molar-refractivity contribution in [2.24, 2.45) is 11.8 Å². The molecule has 6 unspecified atom stereocenters. The van der Waals surface area contributed by atoms with Crippen molar-refractivity contribution in [2.75, 3.05) is 6.54 Å². The first-order chi connectivity index (χ1) is 9.36. The molecule has 0 aliphatic carbocycles. The SMILES string of the molecule is CCCN1C(C)C(C)[CH](C)[In]([CH2]CC)[CH](C)C(C)C1C. The summed E-state index contributed by atoms with van der Waals surface area (Å²) in [6.45, 7) is 21.3. The van der Waals surface area contributed by atoms with Crippen LogP contribution < -0.4 is 0 Å². The van der Waals surface area contributed by atoms with Crippen LogP contribution in [0.4, 0.5) is 0 Å². The van der Waals surface area contributed by atoms with Gasteiger partial charge in [0.25, 0.3) is 0 Å². The fourth-order valence-corrected chi connectivity index (χ4v) is 18.6. The molecule has 1 nitrogen and oxygen atoms in total. The molecular weight excluding hydrogens is 345 g/mol. The molecule has 20 heavy (non-hydrogen) atoms. The minimum absolute atomic E-state index is 0.769. The molecule has 1 saturated heterocycles. The van der Waals surface area contributed by atoms with Gasteiger partial charge in [-0.25, -0.2) is 0 Å². The van der Waals surface area contributed by atoms with Crippen molar-refractivity contribution in [1.82, 2.24) is 4.90 Å². The summed E-state index contributed by atoms with van der Waals surface area (Å²) in [4.78, 5) is 2.83. The van der Waals surface area contributed by atoms with Crippen LogP contribution in [0.5, 0.6) is 0 Å². The van der Waals surface area contributed by atoms with E-state index in [0.717, 1.165) is 31.3 Å². The molecule has 1 rings (SSSR count). The van der Waals surface area contributed by atoms with Crippen molar-refractivity contribution < 1.29 is 0 Å². The fourth-order valence-electron chi connectivity index (χ4n) is 4.64. The summed E-state index contributed by atoms with van der Waals surface area (Å²) in [5, 5.41) is 0. The maximum atomic E-state index is 2.83. The van der Waals surface area contributed by atoms with Gasteiger partial charge in [0.05, 0.1) is 0 Å². The van der Waals surface area contributed by atoms with Crippen molar-refractivity contribution in [3.63, 3.8) is 0 Å². The Morgan fingerprint density at radius 3 is 1.55 bits per heavy atom. The van der Waals surface area contributed by atoms with Gasteiger partial charge >= 0.3 is 137 Å². The molecule has 1 aliphatic heterocycles. The summed E-state index contributed by atoms with van der Waals surface area (Å²) in [5.74, 6) is 1.79. The van der Waals surface area contributed by atoms with Crippen molar-refractivity contribution >= 4 is 21.4 Å². The third-order valence-electron chi connectivity index (χ3n) is 6.68. The van der Waals surface area contributed by atoms with Crippen LogP contribution >= 0.6 is 0 Å². The Morgan fingerprint density at radius 1 is 0.750 bits per heavy atom. The molecule has 2 heteroatoms. The molecule has 0 aromatic heterocycles. The third kappa shape index (κ3) is 3.97. The van der Waals surface area contributed by atoms with E-state index in [1.54, 1.807) is 4.18 Å². The zero-order chi connectivity index (χ0) is 15.4. The zero-order valence-electron chi connectivity index (χ0n) is 15.3. The van der Waals surface area contributed by atoms with Crippen LogP contribution in [-0.4, -0.2) is 45.0 Å². The van der Waals surface area contributed by atoms with Crippen molar-refractivity contribution in [1.29, 1.82) is 0 Å². The van der Waals surface area contributed by atoms with Crippen LogP contribution in [0.3, 0.4) is 0 Å². The van der Waals surface area contributed by atoms with Crippen LogP contribution in [0.1, 0.15) is 68.2 Å². The molecule has 0 N–H and O–H groups in total. The molecule has 6 atom stereocenters. The topological polar surface area (TPSA) is 3.24 Å². The molecule has 0 saturated carbocycles. The standard InChI is InChI=1S/C15H31N.C3H7.In/c1-8-11-16(14(6)12(4)9-2)15(7)13(5)10-3;1-3-2;/h9-10,12-15H,8,11H2,1-7H3;1,3H2,2H3;. The molecule has 0 radical (unpaired) electrons. The van der Waals surface area contributed by atoms with Gasteiger partial charge in [-0.05, 0) is 0 Å². The normalized spacial score (nSPS) is 40.5. The molecule has 1 heterocycles. The predicted octanol–water partition coefficient (Wildman–Crippen LogP) is 5.45. The Bertz CT molecular complexity index is 233. The number of rotatable bonds is 4. The second-order valence-electron chi connectivity index (χ2n) is 7.61. The average Bonchev–Trinajstić information content (AvgIpc) is 2.45. The third-order valence-corrected chi connectivity index (χ3v) is 21.4.